The highest BCUT2D eigenvalue weighted by molar-refractivity contribution is 5.71. The molecule has 0 heterocycles. The standard InChI is InChI=1S/C24H26N2O3/c1-29-22(23(27)28)25-17-18-26-24(19-11-5-2-6-12-19,20-13-7-3-8-14-20)21-15-9-4-10-16-21/h2-16,22,25-26H,17-18H2,1H3,(H,27,28). The molecular formula is C24H26N2O3. The summed E-state index contributed by atoms with van der Waals surface area (Å²) in [5.74, 6) is -1.03. The van der Waals surface area contributed by atoms with E-state index in [2.05, 4.69) is 47.0 Å². The van der Waals surface area contributed by atoms with Crippen LogP contribution in [0.2, 0.25) is 0 Å². The lowest BCUT2D eigenvalue weighted by atomic mass is 9.77. The molecule has 0 saturated carbocycles. The molecule has 5 nitrogen and oxygen atoms in total. The Kier molecular flexibility index (Phi) is 7.14. The predicted molar refractivity (Wildman–Crippen MR) is 114 cm³/mol. The monoisotopic (exact) mass is 390 g/mol. The number of ether oxygens (including phenoxy) is 1. The number of carboxylic acids is 1. The highest BCUT2D eigenvalue weighted by Gasteiger charge is 2.35. The van der Waals surface area contributed by atoms with Gasteiger partial charge in [-0.2, -0.15) is 0 Å². The van der Waals surface area contributed by atoms with E-state index in [9.17, 15) is 4.79 Å². The van der Waals surface area contributed by atoms with Crippen molar-refractivity contribution >= 4 is 5.97 Å². The van der Waals surface area contributed by atoms with E-state index in [1.165, 1.54) is 7.11 Å². The van der Waals surface area contributed by atoms with Crippen LogP contribution in [0.15, 0.2) is 91.0 Å². The molecule has 0 aliphatic heterocycles. The molecule has 29 heavy (non-hydrogen) atoms. The van der Waals surface area contributed by atoms with Gasteiger partial charge in [-0.1, -0.05) is 91.0 Å². The van der Waals surface area contributed by atoms with Gasteiger partial charge in [0, 0.05) is 20.2 Å². The summed E-state index contributed by atoms with van der Waals surface area (Å²) in [6, 6.07) is 30.8. The van der Waals surface area contributed by atoms with Crippen LogP contribution in [0.5, 0.6) is 0 Å². The van der Waals surface area contributed by atoms with Crippen LogP contribution in [-0.4, -0.2) is 37.5 Å². The summed E-state index contributed by atoms with van der Waals surface area (Å²) in [5, 5.41) is 15.8. The summed E-state index contributed by atoms with van der Waals surface area (Å²) in [6.45, 7) is 0.963. The van der Waals surface area contributed by atoms with Crippen LogP contribution in [0.1, 0.15) is 16.7 Å². The van der Waals surface area contributed by atoms with Crippen molar-refractivity contribution in [1.82, 2.24) is 10.6 Å². The van der Waals surface area contributed by atoms with Gasteiger partial charge in [-0.25, -0.2) is 4.79 Å². The first-order valence-corrected chi connectivity index (χ1v) is 9.59. The third kappa shape index (κ3) is 4.71. The molecule has 5 heteroatoms. The third-order valence-electron chi connectivity index (χ3n) is 4.93. The number of aliphatic carboxylic acids is 1. The molecule has 0 spiro atoms. The Bertz CT molecular complexity index is 789. The molecule has 0 aliphatic carbocycles. The largest absolute Gasteiger partial charge is 0.478 e. The minimum atomic E-state index is -1.03. The zero-order valence-electron chi connectivity index (χ0n) is 16.4. The SMILES string of the molecule is COC(NCCNC(c1ccccc1)(c1ccccc1)c1ccccc1)C(=O)O. The number of nitrogens with one attached hydrogen (secondary N) is 2. The second-order valence-electron chi connectivity index (χ2n) is 6.68. The summed E-state index contributed by atoms with van der Waals surface area (Å²) >= 11 is 0. The fraction of sp³-hybridized carbons (Fsp3) is 0.208. The minimum absolute atomic E-state index is 0.430. The van der Waals surface area contributed by atoms with Gasteiger partial charge < -0.3 is 9.84 Å². The first-order chi connectivity index (χ1) is 14.2. The van der Waals surface area contributed by atoms with Crippen molar-refractivity contribution in [3.05, 3.63) is 108 Å². The Hall–Kier alpha value is -2.99. The average Bonchev–Trinajstić information content (AvgIpc) is 2.78. The highest BCUT2D eigenvalue weighted by Crippen LogP contribution is 2.36. The van der Waals surface area contributed by atoms with Gasteiger partial charge in [0.2, 0.25) is 6.23 Å². The van der Waals surface area contributed by atoms with Gasteiger partial charge in [0.05, 0.1) is 5.54 Å². The van der Waals surface area contributed by atoms with Crippen LogP contribution in [0.25, 0.3) is 0 Å². The highest BCUT2D eigenvalue weighted by atomic mass is 16.5. The molecule has 0 fully saturated rings. The molecule has 1 unspecified atom stereocenters. The van der Waals surface area contributed by atoms with Crippen LogP contribution in [-0.2, 0) is 15.1 Å². The summed E-state index contributed by atoms with van der Waals surface area (Å²) < 4.78 is 4.96. The quantitative estimate of drug-likeness (QED) is 0.282. The average molecular weight is 390 g/mol. The number of hydrogen-bond donors (Lipinski definition) is 3. The molecule has 0 radical (unpaired) electrons. The normalized spacial score (nSPS) is 12.4. The molecule has 0 amide bonds. The Morgan fingerprint density at radius 1 is 0.828 bits per heavy atom. The lowest BCUT2D eigenvalue weighted by Crippen LogP contribution is -2.49. The second kappa shape index (κ2) is 9.98. The molecule has 3 N–H and O–H groups in total. The molecule has 0 bridgehead atoms. The third-order valence-corrected chi connectivity index (χ3v) is 4.93. The minimum Gasteiger partial charge on any atom is -0.478 e. The summed E-state index contributed by atoms with van der Waals surface area (Å²) in [7, 11) is 1.38. The molecule has 3 aromatic rings. The number of benzene rings is 3. The van der Waals surface area contributed by atoms with Gasteiger partial charge in [-0.05, 0) is 16.7 Å². The van der Waals surface area contributed by atoms with E-state index in [-0.39, 0.29) is 0 Å². The summed E-state index contributed by atoms with van der Waals surface area (Å²) in [5.41, 5.74) is 2.76. The fourth-order valence-electron chi connectivity index (χ4n) is 3.60. The van der Waals surface area contributed by atoms with E-state index < -0.39 is 17.7 Å². The first kappa shape index (κ1) is 20.7. The maximum Gasteiger partial charge on any atom is 0.348 e. The molecule has 150 valence electrons. The topological polar surface area (TPSA) is 70.6 Å². The van der Waals surface area contributed by atoms with E-state index in [1.54, 1.807) is 0 Å². The fourth-order valence-corrected chi connectivity index (χ4v) is 3.60. The van der Waals surface area contributed by atoms with E-state index in [0.29, 0.717) is 13.1 Å². The van der Waals surface area contributed by atoms with E-state index in [4.69, 9.17) is 9.84 Å². The van der Waals surface area contributed by atoms with Crippen molar-refractivity contribution in [1.29, 1.82) is 0 Å². The molecule has 3 aromatic carbocycles. The Balaban J connectivity index is 1.98. The van der Waals surface area contributed by atoms with Crippen molar-refractivity contribution in [3.8, 4) is 0 Å². The lowest BCUT2D eigenvalue weighted by Gasteiger charge is -2.37. The van der Waals surface area contributed by atoms with E-state index in [1.807, 2.05) is 54.6 Å². The number of hydrogen-bond acceptors (Lipinski definition) is 4. The number of carboxylic acid groups (broad SMARTS) is 1. The van der Waals surface area contributed by atoms with E-state index in [0.717, 1.165) is 16.7 Å². The van der Waals surface area contributed by atoms with Crippen LogP contribution in [0, 0.1) is 0 Å². The second-order valence-corrected chi connectivity index (χ2v) is 6.68. The Morgan fingerprint density at radius 2 is 1.24 bits per heavy atom. The van der Waals surface area contributed by atoms with Crippen molar-refractivity contribution in [2.75, 3.05) is 20.2 Å². The van der Waals surface area contributed by atoms with Crippen LogP contribution < -0.4 is 10.6 Å². The van der Waals surface area contributed by atoms with Gasteiger partial charge in [0.25, 0.3) is 0 Å². The number of rotatable bonds is 10. The van der Waals surface area contributed by atoms with Gasteiger partial charge in [0.1, 0.15) is 0 Å². The maximum absolute atomic E-state index is 11.2. The molecule has 0 aromatic heterocycles. The van der Waals surface area contributed by atoms with Crippen molar-refractivity contribution < 1.29 is 14.6 Å². The van der Waals surface area contributed by atoms with Crippen molar-refractivity contribution in [3.63, 3.8) is 0 Å². The van der Waals surface area contributed by atoms with E-state index >= 15 is 0 Å². The molecule has 0 aliphatic rings. The van der Waals surface area contributed by atoms with Crippen molar-refractivity contribution in [2.45, 2.75) is 11.8 Å². The lowest BCUT2D eigenvalue weighted by molar-refractivity contribution is -0.150. The Morgan fingerprint density at radius 3 is 1.59 bits per heavy atom. The number of methoxy groups -OCH3 is 1. The van der Waals surface area contributed by atoms with Gasteiger partial charge in [0.15, 0.2) is 0 Å². The zero-order chi connectivity index (χ0) is 20.5. The molecule has 1 atom stereocenters. The van der Waals surface area contributed by atoms with Crippen LogP contribution in [0.3, 0.4) is 0 Å². The molecule has 3 rings (SSSR count). The van der Waals surface area contributed by atoms with Crippen LogP contribution >= 0.6 is 0 Å². The van der Waals surface area contributed by atoms with Gasteiger partial charge in [-0.3, -0.25) is 10.6 Å². The van der Waals surface area contributed by atoms with Crippen molar-refractivity contribution in [2.24, 2.45) is 0 Å². The first-order valence-electron chi connectivity index (χ1n) is 9.59. The molecule has 0 saturated heterocycles. The van der Waals surface area contributed by atoms with Crippen LogP contribution in [0.4, 0.5) is 0 Å². The van der Waals surface area contributed by atoms with Gasteiger partial charge in [-0.15, -0.1) is 0 Å². The smallest absolute Gasteiger partial charge is 0.348 e. The summed E-state index contributed by atoms with van der Waals surface area (Å²) in [4.78, 5) is 11.2. The summed E-state index contributed by atoms with van der Waals surface area (Å²) in [6.07, 6.45) is -1.03. The van der Waals surface area contributed by atoms with Gasteiger partial charge >= 0.3 is 5.97 Å². The maximum atomic E-state index is 11.2. The number of carbonyl (C=O) groups is 1. The molecular weight excluding hydrogens is 364 g/mol. The Labute approximate surface area is 171 Å². The zero-order valence-corrected chi connectivity index (χ0v) is 16.4. The predicted octanol–water partition coefficient (Wildman–Crippen LogP) is 3.21.